The van der Waals surface area contributed by atoms with E-state index in [1.165, 1.54) is 60.2 Å². The number of nitro benzene ring substituents is 2. The minimum Gasteiger partial charge on any atom is -1.00 e. The van der Waals surface area contributed by atoms with Crippen LogP contribution in [0.3, 0.4) is 0 Å². The molecule has 0 unspecified atom stereocenters. The van der Waals surface area contributed by atoms with Crippen LogP contribution in [0, 0.1) is 67.3 Å². The van der Waals surface area contributed by atoms with Crippen LogP contribution in [0.1, 0.15) is 61.1 Å². The second kappa shape index (κ2) is 80.4. The summed E-state index contributed by atoms with van der Waals surface area (Å²) < 4.78 is 110. The molecule has 0 atom stereocenters. The van der Waals surface area contributed by atoms with E-state index in [-0.39, 0.29) is 223 Å². The molecule has 0 heterocycles. The van der Waals surface area contributed by atoms with Crippen LogP contribution in [0.15, 0.2) is 322 Å². The van der Waals surface area contributed by atoms with Gasteiger partial charge in [0.05, 0.1) is 35.2 Å². The fourth-order valence-electron chi connectivity index (χ4n) is 10.7. The summed E-state index contributed by atoms with van der Waals surface area (Å²) in [6.07, 6.45) is 6.17. The number of carbonyl (C=O) groups is 8. The van der Waals surface area contributed by atoms with Crippen LogP contribution in [0.2, 0.25) is 0 Å². The molecule has 45 heteroatoms. The van der Waals surface area contributed by atoms with Gasteiger partial charge < -0.3 is 92.9 Å². The molecule has 12 N–H and O–H groups in total. The Hall–Kier alpha value is -13.8. The molecule has 0 aliphatic carbocycles. The summed E-state index contributed by atoms with van der Waals surface area (Å²) in [4.78, 5) is 118. The molecule has 0 fully saturated rings. The molecule has 0 aromatic heterocycles. The number of nitrogen functional groups attached to an aromatic ring is 1. The van der Waals surface area contributed by atoms with Crippen LogP contribution in [0.4, 0.5) is 60.5 Å². The fourth-order valence-corrected chi connectivity index (χ4v) is 10.7. The third kappa shape index (κ3) is 59.1. The van der Waals surface area contributed by atoms with E-state index in [0.29, 0.717) is 50.9 Å². The van der Waals surface area contributed by atoms with E-state index in [9.17, 15) is 75.3 Å². The number of carbonyl (C=O) groups excluding carboxylic acids is 7. The van der Waals surface area contributed by atoms with Crippen molar-refractivity contribution in [3.63, 3.8) is 0 Å². The number of carboxylic acid groups (broad SMARTS) is 1. The van der Waals surface area contributed by atoms with E-state index in [0.717, 1.165) is 95.7 Å². The third-order valence-electron chi connectivity index (χ3n) is 17.3. The van der Waals surface area contributed by atoms with Gasteiger partial charge in [-0.2, -0.15) is 4.89 Å². The summed E-state index contributed by atoms with van der Waals surface area (Å²) in [6.45, 7) is 7.20. The molecule has 0 spiro atoms. The first kappa shape index (κ1) is 134. The number of nitrogens with zero attached hydrogens (tertiary/aromatic N) is 2. The Bertz CT molecular complexity index is 6210. The summed E-state index contributed by atoms with van der Waals surface area (Å²) in [7, 11) is 0. The van der Waals surface area contributed by atoms with Gasteiger partial charge in [0, 0.05) is 96.2 Å². The van der Waals surface area contributed by atoms with Crippen LogP contribution < -0.4 is 165 Å². The second-order valence-corrected chi connectivity index (χ2v) is 28.2. The van der Waals surface area contributed by atoms with E-state index in [1.54, 1.807) is 19.9 Å². The Kier molecular flexibility index (Phi) is 72.9. The van der Waals surface area contributed by atoms with Gasteiger partial charge in [-0.3, -0.25) is 58.7 Å². The molecule has 0 saturated carbocycles. The Morgan fingerprint density at radius 3 is 1.00 bits per heavy atom. The number of non-ortho nitro benzene ring substituents is 2. The smallest absolute Gasteiger partial charge is 1.00 e. The maximum atomic E-state index is 14.2. The standard InChI is InChI=1S/C23H21FN2O3.C17H16FNO4.C16H15FN2O3.C13H10FNO3.C13H12FNO.C8H11N.C6H4FNO3.C4H5ClO3.C2H4O2.CH2O3.BrH.Fe.2K.H/c24-20-15-19(11-12-21(20)29-16-18-9-5-2-6-10-18)26-23(28)22(27)25-14-13-17-7-3-1-4-8-17;1-2-22-17(21)16(20)19-13-8-9-15(14(18)10-13)23-11-12-6-4-3-5-7-12;17-13-10-12(6-7-14(13)20)19-16(22)15(21)18-9-8-11-4-2-1-3-5-11;14-12-8-11(15(16)17)6-7-13(12)18-9-10-4-2-1-3-5-10;14-12-8-11(15)6-7-13(12)16-9-10-4-2-1-3-5-10;9-7-6-8-4-2-1-3-5-8;7-5-3-4(8(10)11)1-2-6(5)9;1-2-7-8-4-3-6-5;1-2(3)4;2-1-4-3;;;;;/h1-12,15H,13-14,16H2,(H,25,27)(H,26,28);3-10H,2,11H2,1H3,(H,19,20);1-7,10,20H,8-9H2,(H,18,21)(H,19,22);1-8H,9H2;1-8H,9,15H2;1-5H,6-7,9H2;1-3,9H;2H2,1H3;1H3,(H,3,4);1,3H;1H;;;;/q;;;;;;;;;;;;2*+1;-1/p-1. The van der Waals surface area contributed by atoms with Crippen molar-refractivity contribution >= 4 is 111 Å². The maximum absolute atomic E-state index is 14.2. The molecular formula is C103H101BrClF6FeK2N9O25. The number of amides is 5. The molecule has 148 heavy (non-hydrogen) atoms. The van der Waals surface area contributed by atoms with Gasteiger partial charge in [0.15, 0.2) is 75.5 Å². The molecule has 774 valence electrons. The number of benzene rings is 13. The number of nitrogens with two attached hydrogens (primary N) is 2. The van der Waals surface area contributed by atoms with Crippen molar-refractivity contribution in [1.29, 1.82) is 0 Å². The minimum atomic E-state index is -1.02. The van der Waals surface area contributed by atoms with Gasteiger partial charge in [0.2, 0.25) is 6.11 Å². The van der Waals surface area contributed by atoms with Crippen molar-refractivity contribution in [2.75, 3.05) is 54.5 Å². The van der Waals surface area contributed by atoms with E-state index in [2.05, 4.69) is 74.3 Å². The number of nitrogens with one attached hydrogen (secondary N) is 5. The van der Waals surface area contributed by atoms with Crippen molar-refractivity contribution in [2.24, 2.45) is 5.73 Å². The molecule has 13 aromatic rings. The monoisotopic (exact) mass is 2230 g/mol. The molecule has 13 rings (SSSR count). The van der Waals surface area contributed by atoms with Gasteiger partial charge in [-0.25, -0.2) is 31.1 Å². The number of esters is 1. The van der Waals surface area contributed by atoms with E-state index < -0.39 is 97.7 Å². The van der Waals surface area contributed by atoms with E-state index >= 15 is 0 Å². The van der Waals surface area contributed by atoms with Crippen LogP contribution in [0.5, 0.6) is 34.5 Å². The SMILES string of the molecule is Br.CC(=O)O.CCOC(=O)C(=O)Nc1ccc(OCc2ccccc2)c(F)c1.CCOOC#COCl.NCCc1ccccc1.Nc1ccc(OCc2ccccc2)c(F)c1.O=C(NCCc1ccccc1)C(=O)Nc1ccc(O)c(F)c1.O=C(NCCc1ccccc1)C(=O)Nc1ccc(OCc2ccccc2)c(F)c1.O=CO[O-].O=[N+]([O-])c1ccc(O)c(F)c1.O=[N+]([O-])c1ccc(OCc2ccccc2)c(F)c1.[Fe].[H-].[K+].[K+]. The molecule has 0 radical (unpaired) electrons. The number of ether oxygens (including phenoxy) is 5. The zero-order valence-electron chi connectivity index (χ0n) is 80.9. The number of nitro groups is 2. The van der Waals surface area contributed by atoms with E-state index in [4.69, 9.17) is 60.6 Å². The van der Waals surface area contributed by atoms with Gasteiger partial charge in [-0.15, -0.1) is 17.0 Å². The first-order valence-electron chi connectivity index (χ1n) is 42.6. The molecule has 0 bridgehead atoms. The zero-order chi connectivity index (χ0) is 106. The van der Waals surface area contributed by atoms with Gasteiger partial charge in [0.1, 0.15) is 38.3 Å². The van der Waals surface area contributed by atoms with Gasteiger partial charge in [-0.05, 0) is 139 Å². The fraction of sp³-hybridized carbons (Fsp3) is 0.146. The van der Waals surface area contributed by atoms with Crippen molar-refractivity contribution in [2.45, 2.75) is 66.5 Å². The number of hydrogen-bond acceptors (Lipinski definition) is 26. The topological polar surface area (TPSA) is 502 Å². The number of rotatable bonds is 29. The Labute approximate surface area is 959 Å². The number of hydrogen-bond donors (Lipinski definition) is 10. The largest absolute Gasteiger partial charge is 1.00 e. The second-order valence-electron chi connectivity index (χ2n) is 28.1. The summed E-state index contributed by atoms with van der Waals surface area (Å²) in [6, 6.07) is 88.6. The molecule has 34 nitrogen and oxygen atoms in total. The average molecular weight is 2230 g/mol. The minimum absolute atomic E-state index is 0. The van der Waals surface area contributed by atoms with Gasteiger partial charge in [0.25, 0.3) is 23.8 Å². The summed E-state index contributed by atoms with van der Waals surface area (Å²) in [5, 5.41) is 65.9. The number of aliphatic carboxylic acids is 1. The number of carboxylic acids is 1. The van der Waals surface area contributed by atoms with Crippen molar-refractivity contribution in [3.8, 4) is 46.7 Å². The van der Waals surface area contributed by atoms with Crippen molar-refractivity contribution < 1.29 is 259 Å². The number of aromatic hydroxyl groups is 2. The van der Waals surface area contributed by atoms with Gasteiger partial charge >= 0.3 is 138 Å². The van der Waals surface area contributed by atoms with Gasteiger partial charge in [-0.1, -0.05) is 212 Å². The average Bonchev–Trinajstić information content (AvgIpc) is 0.866. The molecule has 0 aliphatic heterocycles. The Morgan fingerprint density at radius 1 is 0.419 bits per heavy atom. The number of anilines is 4. The molecular weight excluding hydrogens is 2130 g/mol. The quantitative estimate of drug-likeness (QED) is 0.00169. The zero-order valence-corrected chi connectivity index (χ0v) is 89.8. The number of halogens is 8. The van der Waals surface area contributed by atoms with Crippen LogP contribution in [-0.4, -0.2) is 106 Å². The Balaban J connectivity index is 0. The number of phenolic OH excluding ortho intramolecular Hbond substituents is 2. The Morgan fingerprint density at radius 2 is 0.703 bits per heavy atom. The maximum Gasteiger partial charge on any atom is 1.00 e. The number of phenols is 2. The predicted octanol–water partition coefficient (Wildman–Crippen LogP) is 11.6. The molecule has 0 aliphatic rings. The normalized spacial score (nSPS) is 9.32. The van der Waals surface area contributed by atoms with Crippen LogP contribution in [-0.2, 0) is 125 Å². The van der Waals surface area contributed by atoms with E-state index in [1.807, 2.05) is 212 Å². The molecule has 13 aromatic carbocycles. The molecule has 5 amide bonds. The van der Waals surface area contributed by atoms with Crippen molar-refractivity contribution in [3.05, 3.63) is 416 Å². The summed E-state index contributed by atoms with van der Waals surface area (Å²) in [5.74, 6) is -11.2. The van der Waals surface area contributed by atoms with Crippen LogP contribution in [0.25, 0.3) is 0 Å². The van der Waals surface area contributed by atoms with Crippen LogP contribution >= 0.6 is 28.8 Å². The molecule has 0 saturated heterocycles. The predicted molar refractivity (Wildman–Crippen MR) is 530 cm³/mol. The first-order valence-corrected chi connectivity index (χ1v) is 42.9. The third-order valence-corrected chi connectivity index (χ3v) is 17.4. The summed E-state index contributed by atoms with van der Waals surface area (Å²) >= 11 is 4.67. The first-order chi connectivity index (χ1) is 69.3. The van der Waals surface area contributed by atoms with Crippen molar-refractivity contribution in [1.82, 2.24) is 10.6 Å². The summed E-state index contributed by atoms with van der Waals surface area (Å²) in [5.41, 5.74) is 18.1.